The van der Waals surface area contributed by atoms with Crippen LogP contribution in [-0.2, 0) is 5.41 Å². The molecule has 0 amide bonds. The molecule has 212 valence electrons. The lowest BCUT2D eigenvalue weighted by Crippen LogP contribution is -2.15. The molecular weight excluding hydrogens is 544 g/mol. The zero-order valence-electron chi connectivity index (χ0n) is 25.3. The molecule has 2 heteroatoms. The summed E-state index contributed by atoms with van der Waals surface area (Å²) >= 11 is 0. The number of hydrogen-bond donors (Lipinski definition) is 0. The van der Waals surface area contributed by atoms with Crippen LogP contribution in [0.25, 0.3) is 77.3 Å². The van der Waals surface area contributed by atoms with Crippen molar-refractivity contribution in [3.63, 3.8) is 0 Å². The molecule has 0 bridgehead atoms. The van der Waals surface area contributed by atoms with Gasteiger partial charge < -0.3 is 0 Å². The Morgan fingerprint density at radius 2 is 1.09 bits per heavy atom. The van der Waals surface area contributed by atoms with Crippen LogP contribution in [-0.4, -0.2) is 9.97 Å². The molecule has 8 aromatic rings. The summed E-state index contributed by atoms with van der Waals surface area (Å²) in [6.07, 6.45) is 0. The van der Waals surface area contributed by atoms with Gasteiger partial charge in [-0.15, -0.1) is 0 Å². The van der Waals surface area contributed by atoms with Gasteiger partial charge in [0.05, 0.1) is 11.2 Å². The van der Waals surface area contributed by atoms with Crippen molar-refractivity contribution in [1.29, 1.82) is 0 Å². The zero-order valence-corrected chi connectivity index (χ0v) is 25.3. The van der Waals surface area contributed by atoms with Crippen molar-refractivity contribution in [3.05, 3.63) is 157 Å². The molecule has 0 spiro atoms. The van der Waals surface area contributed by atoms with Crippen LogP contribution in [0.4, 0.5) is 0 Å². The average molecular weight is 575 g/mol. The fraction of sp³-hybridized carbons (Fsp3) is 0.0698. The van der Waals surface area contributed by atoms with E-state index in [1.54, 1.807) is 0 Å². The first-order chi connectivity index (χ1) is 22.1. The van der Waals surface area contributed by atoms with Crippen molar-refractivity contribution in [2.75, 3.05) is 0 Å². The summed E-state index contributed by atoms with van der Waals surface area (Å²) < 4.78 is 0. The smallest absolute Gasteiger partial charge is 0.160 e. The van der Waals surface area contributed by atoms with Gasteiger partial charge in [-0.3, -0.25) is 0 Å². The van der Waals surface area contributed by atoms with E-state index in [1.807, 2.05) is 24.3 Å². The molecule has 7 aromatic carbocycles. The van der Waals surface area contributed by atoms with E-state index in [4.69, 9.17) is 9.97 Å². The Bertz CT molecular complexity index is 2440. The van der Waals surface area contributed by atoms with Crippen LogP contribution in [0.1, 0.15) is 25.0 Å². The lowest BCUT2D eigenvalue weighted by Gasteiger charge is -2.22. The maximum Gasteiger partial charge on any atom is 0.160 e. The van der Waals surface area contributed by atoms with Crippen LogP contribution in [0.2, 0.25) is 0 Å². The van der Waals surface area contributed by atoms with Crippen molar-refractivity contribution in [2.45, 2.75) is 19.3 Å². The van der Waals surface area contributed by atoms with Crippen LogP contribution >= 0.6 is 0 Å². The molecule has 0 atom stereocenters. The number of rotatable bonds is 3. The van der Waals surface area contributed by atoms with E-state index in [0.717, 1.165) is 38.9 Å². The molecule has 1 heterocycles. The topological polar surface area (TPSA) is 25.8 Å². The van der Waals surface area contributed by atoms with E-state index in [1.165, 1.54) is 49.5 Å². The Kier molecular flexibility index (Phi) is 5.58. The average Bonchev–Trinajstić information content (AvgIpc) is 3.34. The molecular formula is C43H30N2. The van der Waals surface area contributed by atoms with Crippen molar-refractivity contribution in [1.82, 2.24) is 9.97 Å². The summed E-state index contributed by atoms with van der Waals surface area (Å²) in [6, 6.07) is 52.3. The highest BCUT2D eigenvalue weighted by atomic mass is 14.9. The molecule has 1 aromatic heterocycles. The van der Waals surface area contributed by atoms with Gasteiger partial charge in [0.15, 0.2) is 5.82 Å². The van der Waals surface area contributed by atoms with Gasteiger partial charge in [-0.25, -0.2) is 9.97 Å². The largest absolute Gasteiger partial charge is 0.227 e. The summed E-state index contributed by atoms with van der Waals surface area (Å²) in [6.45, 7) is 4.72. The Balaban J connectivity index is 1.26. The highest BCUT2D eigenvalue weighted by Gasteiger charge is 2.36. The highest BCUT2D eigenvalue weighted by Crippen LogP contribution is 2.52. The Hall–Kier alpha value is -5.60. The first-order valence-electron chi connectivity index (χ1n) is 15.6. The van der Waals surface area contributed by atoms with Crippen molar-refractivity contribution < 1.29 is 0 Å². The SMILES string of the molecule is CC1(C)c2cc(-c3ccc4ccc5c(-c6ccccc6)nc(-c6ccccc6)nc5c4c3)ccc2-c2c1ccc1ccccc21. The van der Waals surface area contributed by atoms with Gasteiger partial charge in [-0.2, -0.15) is 0 Å². The summed E-state index contributed by atoms with van der Waals surface area (Å²) in [5.41, 5.74) is 11.9. The van der Waals surface area contributed by atoms with Gasteiger partial charge in [0.25, 0.3) is 0 Å². The van der Waals surface area contributed by atoms with E-state index in [0.29, 0.717) is 0 Å². The van der Waals surface area contributed by atoms with Gasteiger partial charge in [0, 0.05) is 27.3 Å². The molecule has 0 aliphatic heterocycles. The van der Waals surface area contributed by atoms with E-state index in [2.05, 4.69) is 135 Å². The molecule has 9 rings (SSSR count). The monoisotopic (exact) mass is 574 g/mol. The van der Waals surface area contributed by atoms with E-state index >= 15 is 0 Å². The quantitative estimate of drug-likeness (QED) is 0.196. The molecule has 0 fully saturated rings. The minimum absolute atomic E-state index is 0.0867. The van der Waals surface area contributed by atoms with Gasteiger partial charge in [-0.1, -0.05) is 141 Å². The highest BCUT2D eigenvalue weighted by molar-refractivity contribution is 6.11. The number of nitrogens with zero attached hydrogens (tertiary/aromatic N) is 2. The summed E-state index contributed by atoms with van der Waals surface area (Å²) in [7, 11) is 0. The predicted molar refractivity (Wildman–Crippen MR) is 188 cm³/mol. The van der Waals surface area contributed by atoms with E-state index in [9.17, 15) is 0 Å². The van der Waals surface area contributed by atoms with Crippen molar-refractivity contribution >= 4 is 32.4 Å². The number of benzene rings is 7. The summed E-state index contributed by atoms with van der Waals surface area (Å²) in [5, 5.41) is 5.98. The molecule has 2 nitrogen and oxygen atoms in total. The maximum absolute atomic E-state index is 5.22. The second-order valence-electron chi connectivity index (χ2n) is 12.6. The van der Waals surface area contributed by atoms with Crippen LogP contribution in [0.15, 0.2) is 146 Å². The van der Waals surface area contributed by atoms with Crippen LogP contribution in [0.3, 0.4) is 0 Å². The molecule has 0 saturated carbocycles. The molecule has 45 heavy (non-hydrogen) atoms. The van der Waals surface area contributed by atoms with Gasteiger partial charge >= 0.3 is 0 Å². The van der Waals surface area contributed by atoms with Crippen molar-refractivity contribution in [2.24, 2.45) is 0 Å². The summed E-state index contributed by atoms with van der Waals surface area (Å²) in [5.74, 6) is 0.740. The minimum atomic E-state index is -0.0867. The standard InChI is InChI=1S/C43H30N2/c1-43(2)37-24-21-27-11-9-10-16-33(27)39(37)34-22-20-32(26-38(34)43)31-18-17-28-19-23-35-40(29-12-5-3-6-13-29)44-42(30-14-7-4-8-15-30)45-41(35)36(28)25-31/h3-26H,1-2H3. The van der Waals surface area contributed by atoms with E-state index in [-0.39, 0.29) is 5.41 Å². The van der Waals surface area contributed by atoms with Crippen LogP contribution in [0.5, 0.6) is 0 Å². The molecule has 0 radical (unpaired) electrons. The Morgan fingerprint density at radius 1 is 0.444 bits per heavy atom. The molecule has 1 aliphatic carbocycles. The normalized spacial score (nSPS) is 13.3. The number of fused-ring (bicyclic) bond motifs is 8. The maximum atomic E-state index is 5.22. The fourth-order valence-electron chi connectivity index (χ4n) is 7.31. The minimum Gasteiger partial charge on any atom is -0.227 e. The summed E-state index contributed by atoms with van der Waals surface area (Å²) in [4.78, 5) is 10.3. The third kappa shape index (κ3) is 3.96. The Morgan fingerprint density at radius 3 is 1.91 bits per heavy atom. The van der Waals surface area contributed by atoms with Gasteiger partial charge in [0.1, 0.15) is 0 Å². The van der Waals surface area contributed by atoms with Gasteiger partial charge in [-0.05, 0) is 67.7 Å². The first-order valence-corrected chi connectivity index (χ1v) is 15.6. The molecule has 0 N–H and O–H groups in total. The third-order valence-corrected chi connectivity index (χ3v) is 9.66. The van der Waals surface area contributed by atoms with Crippen molar-refractivity contribution in [3.8, 4) is 44.9 Å². The Labute approximate surface area is 262 Å². The fourth-order valence-corrected chi connectivity index (χ4v) is 7.31. The third-order valence-electron chi connectivity index (χ3n) is 9.66. The van der Waals surface area contributed by atoms with Crippen LogP contribution in [0, 0.1) is 0 Å². The lowest BCUT2D eigenvalue weighted by molar-refractivity contribution is 0.661. The van der Waals surface area contributed by atoms with E-state index < -0.39 is 0 Å². The van der Waals surface area contributed by atoms with Crippen LogP contribution < -0.4 is 0 Å². The molecule has 1 aliphatic rings. The molecule has 0 unspecified atom stereocenters. The first kappa shape index (κ1) is 25.9. The zero-order chi connectivity index (χ0) is 30.1. The predicted octanol–water partition coefficient (Wildman–Crippen LogP) is 11.2. The second kappa shape index (κ2) is 9.70. The second-order valence-corrected chi connectivity index (χ2v) is 12.6. The van der Waals surface area contributed by atoms with Gasteiger partial charge in [0.2, 0.25) is 0 Å². The molecule has 0 saturated heterocycles. The lowest BCUT2D eigenvalue weighted by atomic mass is 9.81. The number of hydrogen-bond acceptors (Lipinski definition) is 2. The number of aromatic nitrogens is 2.